The van der Waals surface area contributed by atoms with Crippen molar-refractivity contribution in [3.8, 4) is 0 Å². The van der Waals surface area contributed by atoms with Gasteiger partial charge in [-0.15, -0.1) is 0 Å². The molecule has 0 aliphatic heterocycles. The molecule has 1 saturated carbocycles. The predicted octanol–water partition coefficient (Wildman–Crippen LogP) is 3.47. The van der Waals surface area contributed by atoms with Crippen molar-refractivity contribution in [3.05, 3.63) is 30.1 Å². The number of benzene rings is 1. The van der Waals surface area contributed by atoms with Crippen LogP contribution < -0.4 is 10.6 Å². The summed E-state index contributed by atoms with van der Waals surface area (Å²) in [5.41, 5.74) is 0.644. The highest BCUT2D eigenvalue weighted by Crippen LogP contribution is 2.17. The van der Waals surface area contributed by atoms with E-state index in [2.05, 4.69) is 10.6 Å². The molecular formula is C16H23FN2O. The number of nitrogens with one attached hydrogen (secondary N) is 2. The number of hydrogen-bond donors (Lipinski definition) is 2. The molecule has 20 heavy (non-hydrogen) atoms. The third kappa shape index (κ3) is 5.29. The first-order valence-electron chi connectivity index (χ1n) is 7.53. The van der Waals surface area contributed by atoms with Gasteiger partial charge in [0.25, 0.3) is 0 Å². The first kappa shape index (κ1) is 15.0. The number of anilines is 1. The standard InChI is InChI=1S/C16H23FN2O/c17-13-7-9-15(10-8-13)19-16(20)11-12-18-14-5-3-1-2-4-6-14/h7-10,14,18H,1-6,11-12H2,(H,19,20). The summed E-state index contributed by atoms with van der Waals surface area (Å²) in [4.78, 5) is 11.8. The zero-order valence-corrected chi connectivity index (χ0v) is 11.8. The fraction of sp³-hybridized carbons (Fsp3) is 0.562. The van der Waals surface area contributed by atoms with Gasteiger partial charge in [0.15, 0.2) is 0 Å². The number of hydrogen-bond acceptors (Lipinski definition) is 2. The minimum atomic E-state index is -0.293. The van der Waals surface area contributed by atoms with E-state index < -0.39 is 0 Å². The van der Waals surface area contributed by atoms with Gasteiger partial charge >= 0.3 is 0 Å². The lowest BCUT2D eigenvalue weighted by atomic mass is 10.1. The van der Waals surface area contributed by atoms with E-state index in [1.54, 1.807) is 12.1 Å². The van der Waals surface area contributed by atoms with Crippen molar-refractivity contribution in [2.24, 2.45) is 0 Å². The van der Waals surface area contributed by atoms with E-state index in [1.165, 1.54) is 50.7 Å². The third-order valence-corrected chi connectivity index (χ3v) is 3.77. The molecule has 1 aromatic carbocycles. The third-order valence-electron chi connectivity index (χ3n) is 3.77. The van der Waals surface area contributed by atoms with Crippen molar-refractivity contribution in [2.75, 3.05) is 11.9 Å². The minimum absolute atomic E-state index is 0.0299. The highest BCUT2D eigenvalue weighted by atomic mass is 19.1. The molecule has 0 unspecified atom stereocenters. The van der Waals surface area contributed by atoms with Crippen LogP contribution >= 0.6 is 0 Å². The van der Waals surface area contributed by atoms with Gasteiger partial charge in [-0.2, -0.15) is 0 Å². The van der Waals surface area contributed by atoms with E-state index in [0.29, 0.717) is 24.7 Å². The minimum Gasteiger partial charge on any atom is -0.326 e. The Balaban J connectivity index is 1.65. The summed E-state index contributed by atoms with van der Waals surface area (Å²) in [6.45, 7) is 0.706. The molecule has 2 rings (SSSR count). The zero-order valence-electron chi connectivity index (χ0n) is 11.8. The van der Waals surface area contributed by atoms with E-state index in [1.807, 2.05) is 0 Å². The van der Waals surface area contributed by atoms with Gasteiger partial charge in [0.1, 0.15) is 5.82 Å². The maximum atomic E-state index is 12.7. The smallest absolute Gasteiger partial charge is 0.225 e. The lowest BCUT2D eigenvalue weighted by Crippen LogP contribution is -2.31. The molecule has 110 valence electrons. The molecule has 1 aromatic rings. The molecule has 3 nitrogen and oxygen atoms in total. The SMILES string of the molecule is O=C(CCNC1CCCCCC1)Nc1ccc(F)cc1. The zero-order chi connectivity index (χ0) is 14.2. The van der Waals surface area contributed by atoms with Crippen LogP contribution in [0.25, 0.3) is 0 Å². The molecule has 0 bridgehead atoms. The van der Waals surface area contributed by atoms with Crippen molar-refractivity contribution in [1.82, 2.24) is 5.32 Å². The van der Waals surface area contributed by atoms with Gasteiger partial charge in [0.05, 0.1) is 0 Å². The predicted molar refractivity (Wildman–Crippen MR) is 79.1 cm³/mol. The number of amides is 1. The van der Waals surface area contributed by atoms with Crippen molar-refractivity contribution in [1.29, 1.82) is 0 Å². The summed E-state index contributed by atoms with van der Waals surface area (Å²) < 4.78 is 12.7. The van der Waals surface area contributed by atoms with Crippen LogP contribution in [0, 0.1) is 5.82 Å². The maximum Gasteiger partial charge on any atom is 0.225 e. The molecule has 0 radical (unpaired) electrons. The fourth-order valence-corrected chi connectivity index (χ4v) is 2.63. The Morgan fingerprint density at radius 2 is 1.75 bits per heavy atom. The number of carbonyl (C=O) groups is 1. The van der Waals surface area contributed by atoms with Crippen LogP contribution in [0.4, 0.5) is 10.1 Å². The Morgan fingerprint density at radius 3 is 2.40 bits per heavy atom. The molecule has 0 atom stereocenters. The second kappa shape index (κ2) is 8.00. The monoisotopic (exact) mass is 278 g/mol. The van der Waals surface area contributed by atoms with Gasteiger partial charge < -0.3 is 10.6 Å². The van der Waals surface area contributed by atoms with E-state index in [0.717, 1.165) is 0 Å². The fourth-order valence-electron chi connectivity index (χ4n) is 2.63. The van der Waals surface area contributed by atoms with E-state index in [-0.39, 0.29) is 11.7 Å². The quantitative estimate of drug-likeness (QED) is 0.810. The Morgan fingerprint density at radius 1 is 1.10 bits per heavy atom. The molecule has 1 fully saturated rings. The van der Waals surface area contributed by atoms with E-state index in [4.69, 9.17) is 0 Å². The molecule has 4 heteroatoms. The van der Waals surface area contributed by atoms with Gasteiger partial charge in [-0.1, -0.05) is 25.7 Å². The van der Waals surface area contributed by atoms with E-state index >= 15 is 0 Å². The summed E-state index contributed by atoms with van der Waals surface area (Å²) in [5, 5.41) is 6.24. The molecule has 0 spiro atoms. The van der Waals surface area contributed by atoms with Crippen molar-refractivity contribution < 1.29 is 9.18 Å². The van der Waals surface area contributed by atoms with Crippen molar-refractivity contribution in [3.63, 3.8) is 0 Å². The summed E-state index contributed by atoms with van der Waals surface area (Å²) >= 11 is 0. The lowest BCUT2D eigenvalue weighted by Gasteiger charge is -2.15. The molecule has 0 saturated heterocycles. The Kier molecular flexibility index (Phi) is 5.99. The highest BCUT2D eigenvalue weighted by Gasteiger charge is 2.11. The Labute approximate surface area is 120 Å². The second-order valence-corrected chi connectivity index (χ2v) is 5.45. The molecular weight excluding hydrogens is 255 g/mol. The van der Waals surface area contributed by atoms with E-state index in [9.17, 15) is 9.18 Å². The van der Waals surface area contributed by atoms with Crippen LogP contribution in [0.3, 0.4) is 0 Å². The molecule has 2 N–H and O–H groups in total. The molecule has 0 aromatic heterocycles. The van der Waals surface area contributed by atoms with Crippen LogP contribution in [-0.4, -0.2) is 18.5 Å². The van der Waals surface area contributed by atoms with Crippen LogP contribution in [0.5, 0.6) is 0 Å². The normalized spacial score (nSPS) is 16.6. The summed E-state index contributed by atoms with van der Waals surface area (Å²) in [7, 11) is 0. The molecule has 1 aliphatic rings. The van der Waals surface area contributed by atoms with Crippen LogP contribution in [0.2, 0.25) is 0 Å². The first-order valence-corrected chi connectivity index (χ1v) is 7.53. The van der Waals surface area contributed by atoms with Crippen molar-refractivity contribution >= 4 is 11.6 Å². The second-order valence-electron chi connectivity index (χ2n) is 5.45. The van der Waals surface area contributed by atoms with Crippen LogP contribution in [-0.2, 0) is 4.79 Å². The largest absolute Gasteiger partial charge is 0.326 e. The Bertz CT molecular complexity index is 411. The Hall–Kier alpha value is -1.42. The topological polar surface area (TPSA) is 41.1 Å². The molecule has 1 aliphatic carbocycles. The van der Waals surface area contributed by atoms with Crippen LogP contribution in [0.1, 0.15) is 44.9 Å². The average Bonchev–Trinajstić information content (AvgIpc) is 2.70. The number of carbonyl (C=O) groups excluding carboxylic acids is 1. The van der Waals surface area contributed by atoms with Gasteiger partial charge in [-0.25, -0.2) is 4.39 Å². The maximum absolute atomic E-state index is 12.7. The highest BCUT2D eigenvalue weighted by molar-refractivity contribution is 5.90. The summed E-state index contributed by atoms with van der Waals surface area (Å²) in [6, 6.07) is 6.41. The summed E-state index contributed by atoms with van der Waals surface area (Å²) in [5.74, 6) is -0.323. The molecule has 0 heterocycles. The van der Waals surface area contributed by atoms with Gasteiger partial charge in [-0.3, -0.25) is 4.79 Å². The van der Waals surface area contributed by atoms with Gasteiger partial charge in [0, 0.05) is 24.7 Å². The van der Waals surface area contributed by atoms with Gasteiger partial charge in [0.2, 0.25) is 5.91 Å². The van der Waals surface area contributed by atoms with Crippen molar-refractivity contribution in [2.45, 2.75) is 51.0 Å². The summed E-state index contributed by atoms with van der Waals surface area (Å²) in [6.07, 6.45) is 8.15. The first-order chi connectivity index (χ1) is 9.74. The number of halogens is 1. The average molecular weight is 278 g/mol. The van der Waals surface area contributed by atoms with Gasteiger partial charge in [-0.05, 0) is 37.1 Å². The van der Waals surface area contributed by atoms with Crippen LogP contribution in [0.15, 0.2) is 24.3 Å². The number of rotatable bonds is 5. The lowest BCUT2D eigenvalue weighted by molar-refractivity contribution is -0.116. The molecule has 1 amide bonds.